The number of aromatic nitrogens is 3. The van der Waals surface area contributed by atoms with Crippen LogP contribution in [0.25, 0.3) is 11.3 Å². The zero-order valence-electron chi connectivity index (χ0n) is 9.64. The quantitative estimate of drug-likeness (QED) is 0.856. The van der Waals surface area contributed by atoms with E-state index >= 15 is 0 Å². The number of hydrogen-bond donors (Lipinski definition) is 1. The van der Waals surface area contributed by atoms with Crippen LogP contribution in [0.3, 0.4) is 0 Å². The largest absolute Gasteiger partial charge is 0.383 e. The van der Waals surface area contributed by atoms with Gasteiger partial charge in [0.1, 0.15) is 5.82 Å². The third-order valence-electron chi connectivity index (χ3n) is 2.60. The predicted octanol–water partition coefficient (Wildman–Crippen LogP) is 2.25. The van der Waals surface area contributed by atoms with Crippen LogP contribution in [0.15, 0.2) is 24.5 Å². The van der Waals surface area contributed by atoms with Gasteiger partial charge in [-0.1, -0.05) is 6.92 Å². The molecule has 0 atom stereocenters. The first kappa shape index (κ1) is 10.7. The van der Waals surface area contributed by atoms with E-state index in [9.17, 15) is 0 Å². The molecular formula is C12H16N4. The van der Waals surface area contributed by atoms with E-state index in [-0.39, 0.29) is 0 Å². The summed E-state index contributed by atoms with van der Waals surface area (Å²) in [4.78, 5) is 4.13. The van der Waals surface area contributed by atoms with Gasteiger partial charge in [-0.15, -0.1) is 0 Å². The van der Waals surface area contributed by atoms with Crippen molar-refractivity contribution in [1.82, 2.24) is 14.8 Å². The molecule has 16 heavy (non-hydrogen) atoms. The second-order valence-corrected chi connectivity index (χ2v) is 3.83. The van der Waals surface area contributed by atoms with E-state index in [1.165, 1.54) is 0 Å². The Balaban J connectivity index is 2.54. The van der Waals surface area contributed by atoms with Gasteiger partial charge in [0.2, 0.25) is 0 Å². The smallest absolute Gasteiger partial charge is 0.133 e. The summed E-state index contributed by atoms with van der Waals surface area (Å²) < 4.78 is 1.97. The fourth-order valence-electron chi connectivity index (χ4n) is 1.85. The number of hydrogen-bond acceptors (Lipinski definition) is 3. The Labute approximate surface area is 95.1 Å². The Morgan fingerprint density at radius 2 is 2.12 bits per heavy atom. The number of nitrogens with two attached hydrogens (primary N) is 1. The highest BCUT2D eigenvalue weighted by atomic mass is 15.3. The second kappa shape index (κ2) is 4.35. The van der Waals surface area contributed by atoms with Crippen LogP contribution in [-0.4, -0.2) is 14.8 Å². The summed E-state index contributed by atoms with van der Waals surface area (Å²) in [6.07, 6.45) is 4.58. The zero-order chi connectivity index (χ0) is 11.5. The van der Waals surface area contributed by atoms with E-state index in [1.54, 1.807) is 12.4 Å². The van der Waals surface area contributed by atoms with Crippen molar-refractivity contribution in [3.05, 3.63) is 30.1 Å². The van der Waals surface area contributed by atoms with Gasteiger partial charge in [-0.05, 0) is 31.0 Å². The van der Waals surface area contributed by atoms with Gasteiger partial charge in [0.05, 0.1) is 5.69 Å². The number of anilines is 1. The van der Waals surface area contributed by atoms with Gasteiger partial charge < -0.3 is 5.73 Å². The fraction of sp³-hybridized carbons (Fsp3) is 0.333. The molecule has 0 saturated carbocycles. The molecule has 0 unspecified atom stereocenters. The fourth-order valence-corrected chi connectivity index (χ4v) is 1.85. The molecule has 0 aromatic carbocycles. The van der Waals surface area contributed by atoms with Crippen LogP contribution in [0.2, 0.25) is 0 Å². The molecule has 0 fully saturated rings. The molecule has 0 bridgehead atoms. The number of nitrogens with zero attached hydrogens (tertiary/aromatic N) is 3. The molecule has 0 amide bonds. The van der Waals surface area contributed by atoms with E-state index in [0.717, 1.165) is 29.8 Å². The van der Waals surface area contributed by atoms with Gasteiger partial charge in [-0.2, -0.15) is 5.10 Å². The van der Waals surface area contributed by atoms with Gasteiger partial charge in [-0.25, -0.2) is 4.98 Å². The van der Waals surface area contributed by atoms with Crippen molar-refractivity contribution in [2.75, 3.05) is 5.73 Å². The van der Waals surface area contributed by atoms with Crippen molar-refractivity contribution in [1.29, 1.82) is 0 Å². The van der Waals surface area contributed by atoms with Crippen molar-refractivity contribution in [3.8, 4) is 11.3 Å². The standard InChI is InChI=1S/C12H16N4/c1-3-8-16-10(5-7-15-16)11-9(2)4-6-14-12(11)13/h4-7H,3,8H2,1-2H3,(H2,13,14). The third kappa shape index (κ3) is 1.78. The summed E-state index contributed by atoms with van der Waals surface area (Å²) in [7, 11) is 0. The Morgan fingerprint density at radius 3 is 2.81 bits per heavy atom. The summed E-state index contributed by atoms with van der Waals surface area (Å²) in [5, 5.41) is 4.30. The van der Waals surface area contributed by atoms with Gasteiger partial charge in [0.15, 0.2) is 0 Å². The Hall–Kier alpha value is -1.84. The lowest BCUT2D eigenvalue weighted by molar-refractivity contribution is 0.609. The molecule has 4 heteroatoms. The van der Waals surface area contributed by atoms with Crippen molar-refractivity contribution in [2.45, 2.75) is 26.8 Å². The predicted molar refractivity (Wildman–Crippen MR) is 64.9 cm³/mol. The van der Waals surface area contributed by atoms with E-state index in [2.05, 4.69) is 17.0 Å². The first-order valence-electron chi connectivity index (χ1n) is 5.47. The Morgan fingerprint density at radius 1 is 1.31 bits per heavy atom. The van der Waals surface area contributed by atoms with E-state index in [4.69, 9.17) is 5.73 Å². The molecule has 2 aromatic rings. The minimum Gasteiger partial charge on any atom is -0.383 e. The summed E-state index contributed by atoms with van der Waals surface area (Å²) in [5.41, 5.74) is 9.10. The van der Waals surface area contributed by atoms with Gasteiger partial charge in [0, 0.05) is 24.5 Å². The Kier molecular flexibility index (Phi) is 2.90. The van der Waals surface area contributed by atoms with Crippen molar-refractivity contribution in [2.24, 2.45) is 0 Å². The van der Waals surface area contributed by atoms with Gasteiger partial charge in [-0.3, -0.25) is 4.68 Å². The van der Waals surface area contributed by atoms with Crippen LogP contribution >= 0.6 is 0 Å². The lowest BCUT2D eigenvalue weighted by Gasteiger charge is -2.10. The van der Waals surface area contributed by atoms with Crippen LogP contribution in [0.4, 0.5) is 5.82 Å². The minimum atomic E-state index is 0.567. The first-order chi connectivity index (χ1) is 7.74. The highest BCUT2D eigenvalue weighted by molar-refractivity contribution is 5.74. The zero-order valence-corrected chi connectivity index (χ0v) is 9.64. The average molecular weight is 216 g/mol. The average Bonchev–Trinajstić information content (AvgIpc) is 2.67. The van der Waals surface area contributed by atoms with Crippen LogP contribution in [-0.2, 0) is 6.54 Å². The molecule has 4 nitrogen and oxygen atoms in total. The molecule has 0 aliphatic heterocycles. The molecule has 2 heterocycles. The summed E-state index contributed by atoms with van der Waals surface area (Å²) in [5.74, 6) is 0.567. The van der Waals surface area contributed by atoms with E-state index < -0.39 is 0 Å². The molecular weight excluding hydrogens is 200 g/mol. The summed E-state index contributed by atoms with van der Waals surface area (Å²) in [6.45, 7) is 5.07. The highest BCUT2D eigenvalue weighted by Gasteiger charge is 2.11. The van der Waals surface area contributed by atoms with Gasteiger partial charge in [0.25, 0.3) is 0 Å². The SMILES string of the molecule is CCCn1nccc1-c1c(C)ccnc1N. The lowest BCUT2D eigenvalue weighted by atomic mass is 10.1. The maximum absolute atomic E-state index is 5.93. The molecule has 0 radical (unpaired) electrons. The minimum absolute atomic E-state index is 0.567. The molecule has 0 aliphatic carbocycles. The van der Waals surface area contributed by atoms with E-state index in [1.807, 2.05) is 23.7 Å². The monoisotopic (exact) mass is 216 g/mol. The molecule has 84 valence electrons. The van der Waals surface area contributed by atoms with Crippen molar-refractivity contribution in [3.63, 3.8) is 0 Å². The molecule has 0 spiro atoms. The maximum atomic E-state index is 5.93. The lowest BCUT2D eigenvalue weighted by Crippen LogP contribution is -2.04. The van der Waals surface area contributed by atoms with E-state index in [0.29, 0.717) is 5.82 Å². The second-order valence-electron chi connectivity index (χ2n) is 3.83. The van der Waals surface area contributed by atoms with Crippen LogP contribution in [0, 0.1) is 6.92 Å². The van der Waals surface area contributed by atoms with Crippen LogP contribution < -0.4 is 5.73 Å². The van der Waals surface area contributed by atoms with Gasteiger partial charge >= 0.3 is 0 Å². The molecule has 0 aliphatic rings. The highest BCUT2D eigenvalue weighted by Crippen LogP contribution is 2.27. The normalized spacial score (nSPS) is 10.6. The van der Waals surface area contributed by atoms with Crippen LogP contribution in [0.5, 0.6) is 0 Å². The van der Waals surface area contributed by atoms with Crippen LogP contribution in [0.1, 0.15) is 18.9 Å². The summed E-state index contributed by atoms with van der Waals surface area (Å²) >= 11 is 0. The number of nitrogen functional groups attached to an aromatic ring is 1. The first-order valence-corrected chi connectivity index (χ1v) is 5.47. The molecule has 0 saturated heterocycles. The number of rotatable bonds is 3. The third-order valence-corrected chi connectivity index (χ3v) is 2.60. The summed E-state index contributed by atoms with van der Waals surface area (Å²) in [6, 6.07) is 3.95. The Bertz CT molecular complexity index is 467. The molecule has 2 N–H and O–H groups in total. The molecule has 2 rings (SSSR count). The molecule has 2 aromatic heterocycles. The van der Waals surface area contributed by atoms with Crippen molar-refractivity contribution >= 4 is 5.82 Å². The number of aryl methyl sites for hydroxylation is 2. The van der Waals surface area contributed by atoms with Crippen molar-refractivity contribution < 1.29 is 0 Å². The maximum Gasteiger partial charge on any atom is 0.133 e. The number of pyridine rings is 1. The topological polar surface area (TPSA) is 56.7 Å².